The van der Waals surface area contributed by atoms with Gasteiger partial charge in [-0.3, -0.25) is 0 Å². The zero-order valence-electron chi connectivity index (χ0n) is 28.7. The second-order valence-electron chi connectivity index (χ2n) is 13.9. The van der Waals surface area contributed by atoms with Crippen molar-refractivity contribution in [2.24, 2.45) is 0 Å². The zero-order chi connectivity index (χ0) is 34.8. The lowest BCUT2D eigenvalue weighted by atomic mass is 9.81. The first-order chi connectivity index (χ1) is 25.5. The second kappa shape index (κ2) is 11.7. The molecule has 0 aliphatic heterocycles. The highest BCUT2D eigenvalue weighted by Gasteiger charge is 2.38. The molecule has 0 unspecified atom stereocenters. The molecule has 0 radical (unpaired) electrons. The number of rotatable bonds is 5. The van der Waals surface area contributed by atoms with E-state index in [1.807, 2.05) is 72.8 Å². The van der Waals surface area contributed by atoms with Gasteiger partial charge in [0.25, 0.3) is 0 Å². The number of hydrogen-bond acceptors (Lipinski definition) is 5. The average molecular weight is 669 g/mol. The first-order valence-electron chi connectivity index (χ1n) is 17.6. The van der Waals surface area contributed by atoms with Crippen LogP contribution in [-0.2, 0) is 5.41 Å². The molecule has 5 nitrogen and oxygen atoms in total. The van der Waals surface area contributed by atoms with Crippen LogP contribution >= 0.6 is 0 Å². The lowest BCUT2D eigenvalue weighted by Gasteiger charge is -2.23. The molecule has 9 aromatic rings. The van der Waals surface area contributed by atoms with Crippen LogP contribution in [0.15, 0.2) is 162 Å². The third kappa shape index (κ3) is 4.85. The van der Waals surface area contributed by atoms with Gasteiger partial charge in [-0.25, -0.2) is 19.9 Å². The minimum Gasteiger partial charge on any atom is -0.435 e. The van der Waals surface area contributed by atoms with Crippen molar-refractivity contribution in [3.8, 4) is 67.9 Å². The minimum absolute atomic E-state index is 0.231. The molecule has 0 bridgehead atoms. The standard InChI is InChI=1S/C47H32N4O/c1-47(2)38-21-13-12-20-36(38)41-37(45-50-43(29-14-6-3-7-15-29)49-44(51-45)30-16-8-4-9-17-30)27-34(28-39(41)47)32-22-24-35-33(26-32)23-25-40-42(35)52-46(48-40)31-18-10-5-11-19-31/h3-28H,1-2H3. The Morgan fingerprint density at radius 3 is 1.75 bits per heavy atom. The van der Waals surface area contributed by atoms with Gasteiger partial charge in [0.1, 0.15) is 5.52 Å². The van der Waals surface area contributed by atoms with E-state index in [0.29, 0.717) is 23.4 Å². The summed E-state index contributed by atoms with van der Waals surface area (Å²) in [6.45, 7) is 4.63. The summed E-state index contributed by atoms with van der Waals surface area (Å²) < 4.78 is 6.38. The summed E-state index contributed by atoms with van der Waals surface area (Å²) >= 11 is 0. The van der Waals surface area contributed by atoms with Crippen molar-refractivity contribution in [3.05, 3.63) is 169 Å². The number of fused-ring (bicyclic) bond motifs is 6. The fraction of sp³-hybridized carbons (Fsp3) is 0.0638. The minimum atomic E-state index is -0.231. The Morgan fingerprint density at radius 2 is 1.06 bits per heavy atom. The number of nitrogens with zero attached hydrogens (tertiary/aromatic N) is 4. The fourth-order valence-electron chi connectivity index (χ4n) is 7.69. The molecular weight excluding hydrogens is 637 g/mol. The van der Waals surface area contributed by atoms with Gasteiger partial charge in [-0.1, -0.05) is 129 Å². The SMILES string of the molecule is CC1(C)c2ccccc2-c2c(-c3nc(-c4ccccc4)nc(-c4ccccc4)n3)cc(-c3ccc4c(ccc5nc(-c6ccccc6)oc54)c3)cc21. The maximum Gasteiger partial charge on any atom is 0.227 e. The topological polar surface area (TPSA) is 64.7 Å². The van der Waals surface area contributed by atoms with Gasteiger partial charge in [0.05, 0.1) is 0 Å². The second-order valence-corrected chi connectivity index (χ2v) is 13.9. The van der Waals surface area contributed by atoms with Gasteiger partial charge in [0, 0.05) is 33.1 Å². The molecule has 0 fully saturated rings. The van der Waals surface area contributed by atoms with Crippen molar-refractivity contribution in [1.29, 1.82) is 0 Å². The van der Waals surface area contributed by atoms with E-state index in [2.05, 4.69) is 98.8 Å². The van der Waals surface area contributed by atoms with E-state index in [4.69, 9.17) is 24.4 Å². The van der Waals surface area contributed by atoms with Crippen LogP contribution in [-0.4, -0.2) is 19.9 Å². The smallest absolute Gasteiger partial charge is 0.227 e. The third-order valence-electron chi connectivity index (χ3n) is 10.3. The molecule has 2 aromatic heterocycles. The molecule has 0 saturated heterocycles. The van der Waals surface area contributed by atoms with Crippen molar-refractivity contribution in [1.82, 2.24) is 19.9 Å². The van der Waals surface area contributed by atoms with Gasteiger partial charge in [-0.2, -0.15) is 0 Å². The summed E-state index contributed by atoms with van der Waals surface area (Å²) in [4.78, 5) is 20.2. The average Bonchev–Trinajstić information content (AvgIpc) is 3.75. The van der Waals surface area contributed by atoms with E-state index in [9.17, 15) is 0 Å². The van der Waals surface area contributed by atoms with E-state index in [1.54, 1.807) is 0 Å². The molecule has 1 aliphatic rings. The normalized spacial score (nSPS) is 13.0. The van der Waals surface area contributed by atoms with Gasteiger partial charge in [0.15, 0.2) is 23.1 Å². The van der Waals surface area contributed by atoms with E-state index in [-0.39, 0.29) is 5.41 Å². The van der Waals surface area contributed by atoms with Crippen LogP contribution in [0.1, 0.15) is 25.0 Å². The van der Waals surface area contributed by atoms with Gasteiger partial charge in [-0.15, -0.1) is 0 Å². The van der Waals surface area contributed by atoms with Gasteiger partial charge >= 0.3 is 0 Å². The van der Waals surface area contributed by atoms with Crippen LogP contribution < -0.4 is 0 Å². The Hall–Kier alpha value is -6.72. The predicted octanol–water partition coefficient (Wildman–Crippen LogP) is 11.8. The first kappa shape index (κ1) is 30.1. The van der Waals surface area contributed by atoms with Crippen LogP contribution in [0.25, 0.3) is 89.7 Å². The molecule has 246 valence electrons. The van der Waals surface area contributed by atoms with E-state index in [0.717, 1.165) is 55.3 Å². The Bertz CT molecular complexity index is 2750. The molecule has 0 N–H and O–H groups in total. The summed E-state index contributed by atoms with van der Waals surface area (Å²) in [5.74, 6) is 2.56. The lowest BCUT2D eigenvalue weighted by molar-refractivity contribution is 0.623. The van der Waals surface area contributed by atoms with Gasteiger partial charge < -0.3 is 4.42 Å². The Balaban J connectivity index is 1.20. The zero-order valence-corrected chi connectivity index (χ0v) is 28.7. The molecule has 10 rings (SSSR count). The summed E-state index contributed by atoms with van der Waals surface area (Å²) in [6.07, 6.45) is 0. The lowest BCUT2D eigenvalue weighted by Crippen LogP contribution is -2.15. The Morgan fingerprint density at radius 1 is 0.442 bits per heavy atom. The maximum atomic E-state index is 6.38. The molecule has 0 atom stereocenters. The molecule has 0 spiro atoms. The highest BCUT2D eigenvalue weighted by molar-refractivity contribution is 6.05. The number of aromatic nitrogens is 4. The summed E-state index contributed by atoms with van der Waals surface area (Å²) in [5.41, 5.74) is 12.4. The fourth-order valence-corrected chi connectivity index (χ4v) is 7.69. The summed E-state index contributed by atoms with van der Waals surface area (Å²) in [6, 6.07) is 54.5. The summed E-state index contributed by atoms with van der Waals surface area (Å²) in [7, 11) is 0. The molecule has 0 saturated carbocycles. The number of hydrogen-bond donors (Lipinski definition) is 0. The van der Waals surface area contributed by atoms with Crippen LogP contribution in [0, 0.1) is 0 Å². The highest BCUT2D eigenvalue weighted by atomic mass is 16.3. The van der Waals surface area contributed by atoms with E-state index in [1.165, 1.54) is 22.3 Å². The highest BCUT2D eigenvalue weighted by Crippen LogP contribution is 2.53. The molecular formula is C47H32N4O. The Labute approximate surface area is 301 Å². The molecule has 0 amide bonds. The van der Waals surface area contributed by atoms with E-state index < -0.39 is 0 Å². The van der Waals surface area contributed by atoms with Crippen molar-refractivity contribution in [2.75, 3.05) is 0 Å². The maximum absolute atomic E-state index is 6.38. The van der Waals surface area contributed by atoms with Crippen LogP contribution in [0.5, 0.6) is 0 Å². The summed E-state index contributed by atoms with van der Waals surface area (Å²) in [5, 5.41) is 2.12. The molecule has 5 heteroatoms. The van der Waals surface area contributed by atoms with Gasteiger partial charge in [0.2, 0.25) is 5.89 Å². The van der Waals surface area contributed by atoms with Gasteiger partial charge in [-0.05, 0) is 81.2 Å². The monoisotopic (exact) mass is 668 g/mol. The molecule has 7 aromatic carbocycles. The van der Waals surface area contributed by atoms with Crippen molar-refractivity contribution >= 4 is 21.9 Å². The third-order valence-corrected chi connectivity index (χ3v) is 10.3. The number of oxazole rings is 1. The molecule has 2 heterocycles. The van der Waals surface area contributed by atoms with E-state index >= 15 is 0 Å². The van der Waals surface area contributed by atoms with Crippen LogP contribution in [0.2, 0.25) is 0 Å². The van der Waals surface area contributed by atoms with Crippen molar-refractivity contribution < 1.29 is 4.42 Å². The van der Waals surface area contributed by atoms with Crippen LogP contribution in [0.4, 0.5) is 0 Å². The molecule has 52 heavy (non-hydrogen) atoms. The largest absolute Gasteiger partial charge is 0.435 e. The van der Waals surface area contributed by atoms with Crippen molar-refractivity contribution in [2.45, 2.75) is 19.3 Å². The van der Waals surface area contributed by atoms with Crippen LogP contribution in [0.3, 0.4) is 0 Å². The Kier molecular flexibility index (Phi) is 6.77. The predicted molar refractivity (Wildman–Crippen MR) is 210 cm³/mol. The quantitative estimate of drug-likeness (QED) is 0.183. The number of benzene rings is 7. The van der Waals surface area contributed by atoms with Crippen molar-refractivity contribution in [3.63, 3.8) is 0 Å². The molecule has 1 aliphatic carbocycles. The first-order valence-corrected chi connectivity index (χ1v) is 17.6.